The highest BCUT2D eigenvalue weighted by Crippen LogP contribution is 2.20. The van der Waals surface area contributed by atoms with Crippen LogP contribution in [0.1, 0.15) is 10.4 Å². The van der Waals surface area contributed by atoms with Gasteiger partial charge in [-0.25, -0.2) is 0 Å². The number of carbonyl (C=O) groups excluding carboxylic acids is 1. The Morgan fingerprint density at radius 3 is 2.58 bits per heavy atom. The Hall–Kier alpha value is -2.74. The molecule has 8 heteroatoms. The lowest BCUT2D eigenvalue weighted by atomic mass is 10.2. The van der Waals surface area contributed by atoms with E-state index in [1.165, 1.54) is 0 Å². The van der Waals surface area contributed by atoms with Gasteiger partial charge in [0.15, 0.2) is 11.6 Å². The van der Waals surface area contributed by atoms with Gasteiger partial charge in [-0.05, 0) is 46.3 Å². The van der Waals surface area contributed by atoms with Crippen LogP contribution in [0.2, 0.25) is 0 Å². The minimum atomic E-state index is -0.00213. The maximum atomic E-state index is 12.6. The van der Waals surface area contributed by atoms with Crippen LogP contribution in [0.15, 0.2) is 57.9 Å². The van der Waals surface area contributed by atoms with E-state index in [4.69, 9.17) is 4.42 Å². The molecule has 26 heavy (non-hydrogen) atoms. The summed E-state index contributed by atoms with van der Waals surface area (Å²) in [7, 11) is 0. The first-order chi connectivity index (χ1) is 12.7. The lowest BCUT2D eigenvalue weighted by molar-refractivity contribution is 0.0746. The van der Waals surface area contributed by atoms with E-state index in [2.05, 4.69) is 36.0 Å². The number of hydrogen-bond acceptors (Lipinski definition) is 6. The first kappa shape index (κ1) is 16.7. The molecule has 0 radical (unpaired) electrons. The average Bonchev–Trinajstić information content (AvgIpc) is 3.23. The van der Waals surface area contributed by atoms with Gasteiger partial charge >= 0.3 is 0 Å². The molecule has 4 rings (SSSR count). The van der Waals surface area contributed by atoms with Gasteiger partial charge in [-0.15, -0.1) is 10.2 Å². The molecule has 0 bridgehead atoms. The number of aromatic nitrogens is 3. The Labute approximate surface area is 158 Å². The second-order valence-corrected chi connectivity index (χ2v) is 6.84. The molecule has 0 N–H and O–H groups in total. The molecule has 0 unspecified atom stereocenters. The summed E-state index contributed by atoms with van der Waals surface area (Å²) >= 11 is 3.35. The Bertz CT molecular complexity index is 890. The van der Waals surface area contributed by atoms with Crippen LogP contribution in [0.25, 0.3) is 11.5 Å². The molecule has 1 aliphatic rings. The number of hydrogen-bond donors (Lipinski definition) is 0. The molecule has 4 heterocycles. The van der Waals surface area contributed by atoms with Crippen molar-refractivity contribution in [3.8, 4) is 11.5 Å². The SMILES string of the molecule is O=C(c1cncc(Br)c1)N1CCN(c2ccc(-c3ccco3)nn2)CC1. The molecule has 1 aliphatic heterocycles. The van der Waals surface area contributed by atoms with E-state index in [0.29, 0.717) is 43.2 Å². The minimum Gasteiger partial charge on any atom is -0.463 e. The highest BCUT2D eigenvalue weighted by Gasteiger charge is 2.23. The topological polar surface area (TPSA) is 75.4 Å². The number of nitrogens with zero attached hydrogens (tertiary/aromatic N) is 5. The normalized spacial score (nSPS) is 14.5. The minimum absolute atomic E-state index is 0.00213. The molecule has 3 aromatic heterocycles. The Kier molecular flexibility index (Phi) is 4.66. The van der Waals surface area contributed by atoms with Crippen molar-refractivity contribution < 1.29 is 9.21 Å². The zero-order valence-corrected chi connectivity index (χ0v) is 15.5. The van der Waals surface area contributed by atoms with E-state index in [-0.39, 0.29) is 5.91 Å². The lowest BCUT2D eigenvalue weighted by Crippen LogP contribution is -2.49. The van der Waals surface area contributed by atoms with Gasteiger partial charge in [0.05, 0.1) is 11.8 Å². The number of anilines is 1. The quantitative estimate of drug-likeness (QED) is 0.656. The maximum Gasteiger partial charge on any atom is 0.255 e. The van der Waals surface area contributed by atoms with Crippen LogP contribution in [0.3, 0.4) is 0 Å². The van der Waals surface area contributed by atoms with E-state index in [1.807, 2.05) is 29.2 Å². The van der Waals surface area contributed by atoms with Gasteiger partial charge in [0, 0.05) is 43.0 Å². The molecular weight excluding hydrogens is 398 g/mol. The molecule has 0 saturated carbocycles. The summed E-state index contributed by atoms with van der Waals surface area (Å²) in [5.74, 6) is 1.50. The summed E-state index contributed by atoms with van der Waals surface area (Å²) < 4.78 is 6.13. The smallest absolute Gasteiger partial charge is 0.255 e. The highest BCUT2D eigenvalue weighted by atomic mass is 79.9. The Morgan fingerprint density at radius 2 is 1.92 bits per heavy atom. The lowest BCUT2D eigenvalue weighted by Gasteiger charge is -2.35. The maximum absolute atomic E-state index is 12.6. The second-order valence-electron chi connectivity index (χ2n) is 5.93. The highest BCUT2D eigenvalue weighted by molar-refractivity contribution is 9.10. The third kappa shape index (κ3) is 3.45. The zero-order valence-electron chi connectivity index (χ0n) is 13.9. The molecule has 0 aromatic carbocycles. The van der Waals surface area contributed by atoms with E-state index >= 15 is 0 Å². The summed E-state index contributed by atoms with van der Waals surface area (Å²) in [6.45, 7) is 2.68. The number of amides is 1. The summed E-state index contributed by atoms with van der Waals surface area (Å²) in [5.41, 5.74) is 1.30. The fraction of sp³-hybridized carbons (Fsp3) is 0.222. The predicted molar refractivity (Wildman–Crippen MR) is 99.8 cm³/mol. The van der Waals surface area contributed by atoms with Crippen molar-refractivity contribution in [3.05, 3.63) is 59.0 Å². The van der Waals surface area contributed by atoms with Crippen molar-refractivity contribution in [2.24, 2.45) is 0 Å². The largest absolute Gasteiger partial charge is 0.463 e. The van der Waals surface area contributed by atoms with Crippen molar-refractivity contribution in [1.82, 2.24) is 20.1 Å². The number of rotatable bonds is 3. The Balaban J connectivity index is 1.39. The standard InChI is InChI=1S/C18H16BrN5O2/c19-14-10-13(11-20-12-14)18(25)24-7-5-23(6-8-24)17-4-3-15(21-22-17)16-2-1-9-26-16/h1-4,9-12H,5-8H2. The van der Waals surface area contributed by atoms with Crippen LogP contribution >= 0.6 is 15.9 Å². The summed E-state index contributed by atoms with van der Waals surface area (Å²) in [5, 5.41) is 8.52. The molecule has 0 atom stereocenters. The summed E-state index contributed by atoms with van der Waals surface area (Å²) in [4.78, 5) is 20.6. The summed E-state index contributed by atoms with van der Waals surface area (Å²) in [6, 6.07) is 9.29. The van der Waals surface area contributed by atoms with Crippen LogP contribution in [0, 0.1) is 0 Å². The molecule has 7 nitrogen and oxygen atoms in total. The van der Waals surface area contributed by atoms with Crippen molar-refractivity contribution >= 4 is 27.7 Å². The van der Waals surface area contributed by atoms with Crippen LogP contribution in [0.4, 0.5) is 5.82 Å². The van der Waals surface area contributed by atoms with Crippen molar-refractivity contribution in [2.75, 3.05) is 31.1 Å². The number of pyridine rings is 1. The van der Waals surface area contributed by atoms with E-state index in [1.54, 1.807) is 24.7 Å². The average molecular weight is 414 g/mol. The Morgan fingerprint density at radius 1 is 1.08 bits per heavy atom. The van der Waals surface area contributed by atoms with Gasteiger partial charge in [-0.3, -0.25) is 9.78 Å². The van der Waals surface area contributed by atoms with Gasteiger partial charge in [0.25, 0.3) is 5.91 Å². The van der Waals surface area contributed by atoms with Crippen molar-refractivity contribution in [2.45, 2.75) is 0 Å². The number of carbonyl (C=O) groups is 1. The molecule has 132 valence electrons. The van der Waals surface area contributed by atoms with Gasteiger partial charge < -0.3 is 14.2 Å². The van der Waals surface area contributed by atoms with Crippen LogP contribution < -0.4 is 4.90 Å². The molecule has 0 spiro atoms. The second kappa shape index (κ2) is 7.25. The molecular formula is C18H16BrN5O2. The monoisotopic (exact) mass is 413 g/mol. The zero-order chi connectivity index (χ0) is 17.9. The molecule has 3 aromatic rings. The first-order valence-corrected chi connectivity index (χ1v) is 9.02. The van der Waals surface area contributed by atoms with Crippen LogP contribution in [0.5, 0.6) is 0 Å². The van der Waals surface area contributed by atoms with E-state index in [0.717, 1.165) is 10.3 Å². The third-order valence-electron chi connectivity index (χ3n) is 4.27. The third-order valence-corrected chi connectivity index (χ3v) is 4.70. The summed E-state index contributed by atoms with van der Waals surface area (Å²) in [6.07, 6.45) is 4.88. The fourth-order valence-corrected chi connectivity index (χ4v) is 3.26. The van der Waals surface area contributed by atoms with Gasteiger partial charge in [-0.2, -0.15) is 0 Å². The molecule has 0 aliphatic carbocycles. The number of furan rings is 1. The van der Waals surface area contributed by atoms with Gasteiger partial charge in [0.2, 0.25) is 0 Å². The first-order valence-electron chi connectivity index (χ1n) is 8.23. The fourth-order valence-electron chi connectivity index (χ4n) is 2.90. The van der Waals surface area contributed by atoms with E-state index < -0.39 is 0 Å². The van der Waals surface area contributed by atoms with Crippen LogP contribution in [-0.2, 0) is 0 Å². The number of piperazine rings is 1. The van der Waals surface area contributed by atoms with Crippen LogP contribution in [-0.4, -0.2) is 52.2 Å². The van der Waals surface area contributed by atoms with Gasteiger partial charge in [0.1, 0.15) is 5.69 Å². The molecule has 1 amide bonds. The predicted octanol–water partition coefficient (Wildman–Crippen LogP) is 2.86. The van der Waals surface area contributed by atoms with E-state index in [9.17, 15) is 4.79 Å². The molecule has 1 fully saturated rings. The van der Waals surface area contributed by atoms with Crippen molar-refractivity contribution in [1.29, 1.82) is 0 Å². The van der Waals surface area contributed by atoms with Crippen molar-refractivity contribution in [3.63, 3.8) is 0 Å². The van der Waals surface area contributed by atoms with Gasteiger partial charge in [-0.1, -0.05) is 0 Å². The molecule has 1 saturated heterocycles. The number of halogens is 1.